The fourth-order valence-electron chi connectivity index (χ4n) is 1.63. The van der Waals surface area contributed by atoms with Crippen LogP contribution in [0, 0.1) is 0 Å². The number of aldehydes is 1. The molecule has 14 heavy (non-hydrogen) atoms. The summed E-state index contributed by atoms with van der Waals surface area (Å²) in [6.45, 7) is 0. The van der Waals surface area contributed by atoms with Gasteiger partial charge in [0.15, 0.2) is 0 Å². The molecule has 1 aromatic rings. The smallest absolute Gasteiger partial charge is 0.147 e. The topological polar surface area (TPSA) is 17.1 Å². The SMILES string of the molecule is O=CC1=C(Br)c2cc(Cl)ccc2CC1. The van der Waals surface area contributed by atoms with Gasteiger partial charge in [0, 0.05) is 15.1 Å². The summed E-state index contributed by atoms with van der Waals surface area (Å²) in [7, 11) is 0. The first kappa shape index (κ1) is 9.94. The van der Waals surface area contributed by atoms with Gasteiger partial charge < -0.3 is 0 Å². The predicted molar refractivity (Wildman–Crippen MR) is 61.7 cm³/mol. The van der Waals surface area contributed by atoms with Crippen LogP contribution in [0.25, 0.3) is 4.48 Å². The number of rotatable bonds is 1. The molecule has 0 atom stereocenters. The summed E-state index contributed by atoms with van der Waals surface area (Å²) in [5.74, 6) is 0. The third-order valence-corrected chi connectivity index (χ3v) is 3.57. The number of hydrogen-bond acceptors (Lipinski definition) is 1. The molecule has 2 rings (SSSR count). The largest absolute Gasteiger partial charge is 0.298 e. The van der Waals surface area contributed by atoms with Crippen LogP contribution in [0.3, 0.4) is 0 Å². The highest BCUT2D eigenvalue weighted by atomic mass is 79.9. The van der Waals surface area contributed by atoms with E-state index in [1.165, 1.54) is 5.56 Å². The Morgan fingerprint density at radius 2 is 2.14 bits per heavy atom. The second-order valence-corrected chi connectivity index (χ2v) is 4.49. The number of fused-ring (bicyclic) bond motifs is 1. The van der Waals surface area contributed by atoms with Crippen molar-refractivity contribution in [2.45, 2.75) is 12.8 Å². The zero-order chi connectivity index (χ0) is 10.1. The van der Waals surface area contributed by atoms with Crippen LogP contribution >= 0.6 is 27.5 Å². The van der Waals surface area contributed by atoms with E-state index < -0.39 is 0 Å². The standard InChI is InChI=1S/C11H8BrClO/c12-11-8(6-14)2-1-7-3-4-9(13)5-10(7)11/h3-6H,1-2H2. The van der Waals surface area contributed by atoms with E-state index in [9.17, 15) is 4.79 Å². The lowest BCUT2D eigenvalue weighted by atomic mass is 9.93. The van der Waals surface area contributed by atoms with Crippen LogP contribution < -0.4 is 0 Å². The molecule has 0 aromatic heterocycles. The average molecular weight is 272 g/mol. The monoisotopic (exact) mass is 270 g/mol. The molecule has 72 valence electrons. The lowest BCUT2D eigenvalue weighted by Gasteiger charge is -2.16. The summed E-state index contributed by atoms with van der Waals surface area (Å²) in [6.07, 6.45) is 2.63. The molecule has 1 aromatic carbocycles. The second kappa shape index (κ2) is 3.87. The number of aryl methyl sites for hydroxylation is 1. The minimum atomic E-state index is 0.702. The average Bonchev–Trinajstić information content (AvgIpc) is 2.20. The van der Waals surface area contributed by atoms with Crippen molar-refractivity contribution in [2.75, 3.05) is 0 Å². The van der Waals surface area contributed by atoms with Gasteiger partial charge >= 0.3 is 0 Å². The molecule has 1 nitrogen and oxygen atoms in total. The van der Waals surface area contributed by atoms with E-state index in [0.29, 0.717) is 5.02 Å². The maximum absolute atomic E-state index is 10.7. The Kier molecular flexibility index (Phi) is 2.75. The second-order valence-electron chi connectivity index (χ2n) is 3.26. The molecule has 0 N–H and O–H groups in total. The number of halogens is 2. The van der Waals surface area contributed by atoms with Gasteiger partial charge in [-0.15, -0.1) is 0 Å². The number of hydrogen-bond donors (Lipinski definition) is 0. The third-order valence-electron chi connectivity index (χ3n) is 2.40. The van der Waals surface area contributed by atoms with Gasteiger partial charge in [0.2, 0.25) is 0 Å². The molecule has 1 aliphatic carbocycles. The lowest BCUT2D eigenvalue weighted by Crippen LogP contribution is -2.02. The van der Waals surface area contributed by atoms with E-state index >= 15 is 0 Å². The Labute approximate surface area is 95.9 Å². The zero-order valence-corrected chi connectivity index (χ0v) is 9.73. The van der Waals surface area contributed by atoms with Crippen molar-refractivity contribution in [3.05, 3.63) is 39.9 Å². The quantitative estimate of drug-likeness (QED) is 0.713. The summed E-state index contributed by atoms with van der Waals surface area (Å²) in [6, 6.07) is 5.79. The van der Waals surface area contributed by atoms with Gasteiger partial charge in [-0.1, -0.05) is 17.7 Å². The Balaban J connectivity index is 2.60. The van der Waals surface area contributed by atoms with Crippen LogP contribution in [0.15, 0.2) is 23.8 Å². The predicted octanol–water partition coefficient (Wildman–Crippen LogP) is 3.59. The van der Waals surface area contributed by atoms with Gasteiger partial charge in [-0.05, 0) is 52.0 Å². The van der Waals surface area contributed by atoms with Crippen molar-refractivity contribution in [3.8, 4) is 0 Å². The Bertz CT molecular complexity index is 423. The van der Waals surface area contributed by atoms with Gasteiger partial charge in [0.05, 0.1) is 0 Å². The molecule has 0 aliphatic heterocycles. The molecule has 0 saturated carbocycles. The van der Waals surface area contributed by atoms with Crippen LogP contribution in [-0.4, -0.2) is 6.29 Å². The van der Waals surface area contributed by atoms with E-state index in [4.69, 9.17) is 11.6 Å². The molecule has 0 spiro atoms. The summed E-state index contributed by atoms with van der Waals surface area (Å²) >= 11 is 9.34. The minimum absolute atomic E-state index is 0.702. The van der Waals surface area contributed by atoms with Gasteiger partial charge in [0.25, 0.3) is 0 Å². The van der Waals surface area contributed by atoms with E-state index in [1.807, 2.05) is 18.2 Å². The molecule has 3 heteroatoms. The van der Waals surface area contributed by atoms with Crippen LogP contribution in [0.2, 0.25) is 5.02 Å². The summed E-state index contributed by atoms with van der Waals surface area (Å²) < 4.78 is 0.885. The first-order valence-electron chi connectivity index (χ1n) is 4.35. The van der Waals surface area contributed by atoms with Crippen LogP contribution in [-0.2, 0) is 11.2 Å². The third kappa shape index (κ3) is 1.64. The van der Waals surface area contributed by atoms with Gasteiger partial charge in [-0.25, -0.2) is 0 Å². The highest BCUT2D eigenvalue weighted by Gasteiger charge is 2.16. The Hall–Kier alpha value is -0.600. The molecular weight excluding hydrogens is 263 g/mol. The van der Waals surface area contributed by atoms with Crippen molar-refractivity contribution in [1.82, 2.24) is 0 Å². The highest BCUT2D eigenvalue weighted by molar-refractivity contribution is 9.15. The number of carbonyl (C=O) groups is 1. The molecule has 1 aliphatic rings. The zero-order valence-electron chi connectivity index (χ0n) is 7.39. The summed E-state index contributed by atoms with van der Waals surface area (Å²) in [4.78, 5) is 10.7. The number of allylic oxidation sites excluding steroid dienone is 1. The summed E-state index contributed by atoms with van der Waals surface area (Å²) in [5.41, 5.74) is 3.11. The highest BCUT2D eigenvalue weighted by Crippen LogP contribution is 2.35. The molecule has 0 amide bonds. The maximum atomic E-state index is 10.7. The minimum Gasteiger partial charge on any atom is -0.298 e. The van der Waals surface area contributed by atoms with Crippen molar-refractivity contribution in [1.29, 1.82) is 0 Å². The fraction of sp³-hybridized carbons (Fsp3) is 0.182. The molecule has 0 radical (unpaired) electrons. The Morgan fingerprint density at radius 1 is 1.36 bits per heavy atom. The lowest BCUT2D eigenvalue weighted by molar-refractivity contribution is -0.105. The van der Waals surface area contributed by atoms with Gasteiger partial charge in [0.1, 0.15) is 6.29 Å². The van der Waals surface area contributed by atoms with Crippen LogP contribution in [0.1, 0.15) is 17.5 Å². The molecule has 0 unspecified atom stereocenters. The Morgan fingerprint density at radius 3 is 2.86 bits per heavy atom. The van der Waals surface area contributed by atoms with Gasteiger partial charge in [-0.2, -0.15) is 0 Å². The molecule has 0 heterocycles. The summed E-state index contributed by atoms with van der Waals surface area (Å²) in [5, 5.41) is 0.702. The van der Waals surface area contributed by atoms with E-state index in [2.05, 4.69) is 15.9 Å². The molecular formula is C11H8BrClO. The van der Waals surface area contributed by atoms with Crippen LogP contribution in [0.5, 0.6) is 0 Å². The van der Waals surface area contributed by atoms with Crippen molar-refractivity contribution in [2.24, 2.45) is 0 Å². The fourth-order valence-corrected chi connectivity index (χ4v) is 2.47. The van der Waals surface area contributed by atoms with Gasteiger partial charge in [-0.3, -0.25) is 4.79 Å². The number of carbonyl (C=O) groups excluding carboxylic acids is 1. The normalized spacial score (nSPS) is 15.3. The molecule has 0 bridgehead atoms. The van der Waals surface area contributed by atoms with Crippen molar-refractivity contribution >= 4 is 38.3 Å². The van der Waals surface area contributed by atoms with E-state index in [-0.39, 0.29) is 0 Å². The van der Waals surface area contributed by atoms with E-state index in [1.54, 1.807) is 0 Å². The van der Waals surface area contributed by atoms with Crippen LogP contribution in [0.4, 0.5) is 0 Å². The maximum Gasteiger partial charge on any atom is 0.147 e. The van der Waals surface area contributed by atoms with E-state index in [0.717, 1.165) is 34.7 Å². The van der Waals surface area contributed by atoms with Crippen molar-refractivity contribution < 1.29 is 4.79 Å². The molecule has 0 saturated heterocycles. The first-order chi connectivity index (χ1) is 6.72. The number of benzene rings is 1. The van der Waals surface area contributed by atoms with Crippen molar-refractivity contribution in [3.63, 3.8) is 0 Å². The first-order valence-corrected chi connectivity index (χ1v) is 5.52. The molecule has 0 fully saturated rings.